The highest BCUT2D eigenvalue weighted by molar-refractivity contribution is 7.22. The second-order valence-corrected chi connectivity index (χ2v) is 8.92. The van der Waals surface area contributed by atoms with E-state index >= 15 is 0 Å². The summed E-state index contributed by atoms with van der Waals surface area (Å²) in [7, 11) is 0. The van der Waals surface area contributed by atoms with Crippen LogP contribution in [0, 0.1) is 6.92 Å². The van der Waals surface area contributed by atoms with E-state index in [1.54, 1.807) is 41.5 Å². The Balaban J connectivity index is 1.46. The van der Waals surface area contributed by atoms with Gasteiger partial charge in [-0.3, -0.25) is 9.69 Å². The molecule has 33 heavy (non-hydrogen) atoms. The third-order valence-corrected chi connectivity index (χ3v) is 6.33. The SMILES string of the molecule is Cc1cc(Cl)cc2sc(N(Cc3ccco3)C(=O)c3ccc(Oc4ccccc4)cc3)nc12. The molecule has 0 aliphatic rings. The molecule has 0 saturated heterocycles. The Kier molecular flexibility index (Phi) is 5.86. The number of carbonyl (C=O) groups is 1. The number of anilines is 1. The first kappa shape index (κ1) is 21.2. The van der Waals surface area contributed by atoms with Crippen LogP contribution < -0.4 is 9.64 Å². The van der Waals surface area contributed by atoms with Crippen LogP contribution >= 0.6 is 22.9 Å². The van der Waals surface area contributed by atoms with E-state index in [1.807, 2.05) is 55.5 Å². The van der Waals surface area contributed by atoms with Gasteiger partial charge in [-0.25, -0.2) is 4.98 Å². The summed E-state index contributed by atoms with van der Waals surface area (Å²) in [6.07, 6.45) is 1.59. The zero-order valence-corrected chi connectivity index (χ0v) is 19.3. The summed E-state index contributed by atoms with van der Waals surface area (Å²) in [6.45, 7) is 2.22. The van der Waals surface area contributed by atoms with Gasteiger partial charge in [-0.2, -0.15) is 0 Å². The van der Waals surface area contributed by atoms with Crippen molar-refractivity contribution in [3.63, 3.8) is 0 Å². The molecule has 5 rings (SSSR count). The molecular weight excluding hydrogens is 456 g/mol. The van der Waals surface area contributed by atoms with E-state index in [-0.39, 0.29) is 12.5 Å². The minimum Gasteiger partial charge on any atom is -0.467 e. The molecule has 0 aliphatic heterocycles. The van der Waals surface area contributed by atoms with Crippen molar-refractivity contribution in [2.45, 2.75) is 13.5 Å². The van der Waals surface area contributed by atoms with Crippen LogP contribution in [0.25, 0.3) is 10.2 Å². The molecule has 0 fully saturated rings. The van der Waals surface area contributed by atoms with E-state index in [0.29, 0.717) is 27.2 Å². The smallest absolute Gasteiger partial charge is 0.260 e. The molecule has 2 aromatic heterocycles. The van der Waals surface area contributed by atoms with E-state index in [0.717, 1.165) is 21.5 Å². The third kappa shape index (κ3) is 4.62. The lowest BCUT2D eigenvalue weighted by molar-refractivity contribution is 0.0983. The largest absolute Gasteiger partial charge is 0.467 e. The molecule has 0 aliphatic carbocycles. The van der Waals surface area contributed by atoms with Crippen molar-refractivity contribution in [3.05, 3.63) is 107 Å². The first-order chi connectivity index (χ1) is 16.1. The average molecular weight is 475 g/mol. The van der Waals surface area contributed by atoms with Crippen LogP contribution in [0.5, 0.6) is 11.5 Å². The first-order valence-electron chi connectivity index (χ1n) is 10.3. The molecule has 1 amide bonds. The number of furan rings is 1. The number of para-hydroxylation sites is 1. The lowest BCUT2D eigenvalue weighted by atomic mass is 10.2. The Morgan fingerprint density at radius 1 is 1.03 bits per heavy atom. The summed E-state index contributed by atoms with van der Waals surface area (Å²) < 4.78 is 12.3. The fourth-order valence-corrected chi connectivity index (χ4v) is 4.91. The lowest BCUT2D eigenvalue weighted by Gasteiger charge is -2.19. The van der Waals surface area contributed by atoms with Crippen molar-refractivity contribution in [1.82, 2.24) is 4.98 Å². The third-order valence-electron chi connectivity index (χ3n) is 5.09. The van der Waals surface area contributed by atoms with Gasteiger partial charge in [0.05, 0.1) is 23.0 Å². The number of ether oxygens (including phenoxy) is 1. The van der Waals surface area contributed by atoms with Crippen molar-refractivity contribution >= 4 is 44.2 Å². The van der Waals surface area contributed by atoms with E-state index in [9.17, 15) is 4.79 Å². The summed E-state index contributed by atoms with van der Waals surface area (Å²) in [5, 5.41) is 1.23. The minimum atomic E-state index is -0.180. The topological polar surface area (TPSA) is 55.6 Å². The van der Waals surface area contributed by atoms with Gasteiger partial charge in [-0.05, 0) is 73.2 Å². The molecule has 164 valence electrons. The highest BCUT2D eigenvalue weighted by atomic mass is 35.5. The fourth-order valence-electron chi connectivity index (χ4n) is 3.49. The highest BCUT2D eigenvalue weighted by Gasteiger charge is 2.23. The van der Waals surface area contributed by atoms with Crippen LogP contribution in [-0.2, 0) is 6.54 Å². The van der Waals surface area contributed by atoms with Crippen LogP contribution in [0.2, 0.25) is 5.02 Å². The normalized spacial score (nSPS) is 11.0. The Hall–Kier alpha value is -3.61. The number of thiazole rings is 1. The Labute approximate surface area is 199 Å². The summed E-state index contributed by atoms with van der Waals surface area (Å²) in [4.78, 5) is 19.9. The molecule has 0 unspecified atom stereocenters. The number of benzene rings is 3. The predicted molar refractivity (Wildman–Crippen MR) is 132 cm³/mol. The second-order valence-electron chi connectivity index (χ2n) is 7.48. The number of nitrogens with zero attached hydrogens (tertiary/aromatic N) is 2. The second kappa shape index (κ2) is 9.10. The van der Waals surface area contributed by atoms with Gasteiger partial charge >= 0.3 is 0 Å². The maximum Gasteiger partial charge on any atom is 0.260 e. The van der Waals surface area contributed by atoms with Gasteiger partial charge in [0.1, 0.15) is 17.3 Å². The van der Waals surface area contributed by atoms with Crippen molar-refractivity contribution in [3.8, 4) is 11.5 Å². The Morgan fingerprint density at radius 2 is 1.79 bits per heavy atom. The number of hydrogen-bond donors (Lipinski definition) is 0. The number of aryl methyl sites for hydroxylation is 1. The maximum atomic E-state index is 13.6. The van der Waals surface area contributed by atoms with E-state index in [1.165, 1.54) is 11.3 Å². The van der Waals surface area contributed by atoms with Crippen molar-refractivity contribution in [2.24, 2.45) is 0 Å². The quantitative estimate of drug-likeness (QED) is 0.256. The number of fused-ring (bicyclic) bond motifs is 1. The zero-order chi connectivity index (χ0) is 22.8. The predicted octanol–water partition coefficient (Wildman–Crippen LogP) is 7.49. The van der Waals surface area contributed by atoms with Crippen LogP contribution in [-0.4, -0.2) is 10.9 Å². The van der Waals surface area contributed by atoms with Crippen LogP contribution in [0.4, 0.5) is 5.13 Å². The van der Waals surface area contributed by atoms with Gasteiger partial charge in [-0.1, -0.05) is 41.1 Å². The van der Waals surface area contributed by atoms with Crippen LogP contribution in [0.15, 0.2) is 89.5 Å². The zero-order valence-electron chi connectivity index (χ0n) is 17.7. The van der Waals surface area contributed by atoms with Gasteiger partial charge in [0.25, 0.3) is 5.91 Å². The summed E-state index contributed by atoms with van der Waals surface area (Å²) >= 11 is 7.66. The molecular formula is C26H19ClN2O3S. The molecule has 2 heterocycles. The molecule has 0 spiro atoms. The van der Waals surface area contributed by atoms with E-state index < -0.39 is 0 Å². The van der Waals surface area contributed by atoms with Crippen LogP contribution in [0.3, 0.4) is 0 Å². The number of halogens is 1. The van der Waals surface area contributed by atoms with Gasteiger partial charge in [0.15, 0.2) is 5.13 Å². The summed E-state index contributed by atoms with van der Waals surface area (Å²) in [6, 6.07) is 24.0. The number of amides is 1. The standard InChI is InChI=1S/C26H19ClN2O3S/c1-17-14-19(27)15-23-24(17)28-26(33-23)29(16-22-8-5-13-31-22)25(30)18-9-11-21(12-10-18)32-20-6-3-2-4-7-20/h2-15H,16H2,1H3. The lowest BCUT2D eigenvalue weighted by Crippen LogP contribution is -2.30. The molecule has 0 radical (unpaired) electrons. The monoisotopic (exact) mass is 474 g/mol. The average Bonchev–Trinajstić information content (AvgIpc) is 3.48. The van der Waals surface area contributed by atoms with E-state index in [4.69, 9.17) is 25.7 Å². The first-order valence-corrected chi connectivity index (χ1v) is 11.5. The summed E-state index contributed by atoms with van der Waals surface area (Å²) in [5.41, 5.74) is 2.33. The van der Waals surface area contributed by atoms with Crippen molar-refractivity contribution < 1.29 is 13.9 Å². The molecule has 3 aromatic carbocycles. The van der Waals surface area contributed by atoms with Crippen molar-refractivity contribution in [2.75, 3.05) is 4.90 Å². The molecule has 5 nitrogen and oxygen atoms in total. The minimum absolute atomic E-state index is 0.180. The molecule has 5 aromatic rings. The number of hydrogen-bond acceptors (Lipinski definition) is 5. The van der Waals surface area contributed by atoms with Gasteiger partial charge < -0.3 is 9.15 Å². The Bertz CT molecular complexity index is 1400. The molecule has 7 heteroatoms. The van der Waals surface area contributed by atoms with E-state index in [2.05, 4.69) is 0 Å². The number of carbonyl (C=O) groups excluding carboxylic acids is 1. The Morgan fingerprint density at radius 3 is 2.52 bits per heavy atom. The molecule has 0 N–H and O–H groups in total. The van der Waals surface area contributed by atoms with Gasteiger partial charge in [0.2, 0.25) is 0 Å². The molecule has 0 saturated carbocycles. The number of rotatable bonds is 6. The summed E-state index contributed by atoms with van der Waals surface area (Å²) in [5.74, 6) is 1.88. The highest BCUT2D eigenvalue weighted by Crippen LogP contribution is 2.34. The van der Waals surface area contributed by atoms with Crippen LogP contribution in [0.1, 0.15) is 21.7 Å². The molecule has 0 atom stereocenters. The van der Waals surface area contributed by atoms with Gasteiger partial charge in [0, 0.05) is 10.6 Å². The number of aromatic nitrogens is 1. The molecule has 0 bridgehead atoms. The van der Waals surface area contributed by atoms with Gasteiger partial charge in [-0.15, -0.1) is 0 Å². The fraction of sp³-hybridized carbons (Fsp3) is 0.0769. The maximum absolute atomic E-state index is 13.6. The van der Waals surface area contributed by atoms with Crippen molar-refractivity contribution in [1.29, 1.82) is 0 Å².